The van der Waals surface area contributed by atoms with Gasteiger partial charge in [0.15, 0.2) is 0 Å². The molecular weight excluding hydrogens is 252 g/mol. The molecule has 1 aromatic heterocycles. The monoisotopic (exact) mass is 271 g/mol. The van der Waals surface area contributed by atoms with Gasteiger partial charge in [0.2, 0.25) is 0 Å². The molecule has 1 aromatic carbocycles. The van der Waals surface area contributed by atoms with Crippen LogP contribution in [0.2, 0.25) is 0 Å². The molecule has 0 saturated heterocycles. The van der Waals surface area contributed by atoms with Crippen LogP contribution in [0.25, 0.3) is 0 Å². The number of azo groups is 1. The van der Waals surface area contributed by atoms with E-state index < -0.39 is 0 Å². The maximum Gasteiger partial charge on any atom is 0.370 e. The van der Waals surface area contributed by atoms with Gasteiger partial charge in [-0.15, -0.1) is 4.68 Å². The van der Waals surface area contributed by atoms with E-state index in [1.54, 1.807) is 24.9 Å². The summed E-state index contributed by atoms with van der Waals surface area (Å²) in [7, 11) is 3.39. The number of benzene rings is 1. The van der Waals surface area contributed by atoms with Crippen molar-refractivity contribution in [2.24, 2.45) is 17.3 Å². The van der Waals surface area contributed by atoms with Crippen molar-refractivity contribution >= 4 is 11.5 Å². The Morgan fingerprint density at radius 2 is 1.75 bits per heavy atom. The zero-order valence-electron chi connectivity index (χ0n) is 12.2. The van der Waals surface area contributed by atoms with Crippen molar-refractivity contribution < 1.29 is 9.42 Å². The van der Waals surface area contributed by atoms with Gasteiger partial charge in [0.1, 0.15) is 12.7 Å². The Hall–Kier alpha value is -2.30. The summed E-state index contributed by atoms with van der Waals surface area (Å²) in [5.41, 5.74) is 2.12. The van der Waals surface area contributed by atoms with Crippen molar-refractivity contribution in [3.05, 3.63) is 42.0 Å². The number of methoxy groups -OCH3 is 1. The molecule has 0 aliphatic heterocycles. The molecule has 1 heterocycles. The number of rotatable bonds is 4. The number of aryl methyl sites for hydroxylation is 1. The van der Waals surface area contributed by atoms with Crippen LogP contribution in [0, 0.1) is 0 Å². The van der Waals surface area contributed by atoms with Gasteiger partial charge >= 0.3 is 5.82 Å². The van der Waals surface area contributed by atoms with Gasteiger partial charge < -0.3 is 4.74 Å². The first-order chi connectivity index (χ1) is 9.60. The smallest absolute Gasteiger partial charge is 0.370 e. The molecule has 0 atom stereocenters. The van der Waals surface area contributed by atoms with Crippen LogP contribution in [-0.2, 0) is 7.05 Å². The third-order valence-electron chi connectivity index (χ3n) is 2.99. The van der Waals surface area contributed by atoms with Crippen LogP contribution in [0.15, 0.2) is 46.6 Å². The average molecular weight is 271 g/mol. The molecule has 2 aromatic rings. The summed E-state index contributed by atoms with van der Waals surface area (Å²) in [4.78, 5) is 0. The first kappa shape index (κ1) is 14.1. The number of ether oxygens (including phenoxy) is 1. The van der Waals surface area contributed by atoms with Crippen molar-refractivity contribution in [3.8, 4) is 5.88 Å². The van der Waals surface area contributed by atoms with E-state index in [1.807, 2.05) is 18.2 Å². The van der Waals surface area contributed by atoms with E-state index in [4.69, 9.17) is 4.74 Å². The van der Waals surface area contributed by atoms with Crippen molar-refractivity contribution in [1.29, 1.82) is 0 Å². The van der Waals surface area contributed by atoms with E-state index in [0.29, 0.717) is 17.6 Å². The largest absolute Gasteiger partial charge is 0.479 e. The summed E-state index contributed by atoms with van der Waals surface area (Å²) in [6, 6.07) is 11.7. The number of nitrogens with zero attached hydrogens (tertiary/aromatic N) is 4. The quantitative estimate of drug-likeness (QED) is 0.631. The van der Waals surface area contributed by atoms with Crippen LogP contribution in [-0.4, -0.2) is 12.2 Å². The highest BCUT2D eigenvalue weighted by Gasteiger charge is 2.09. The second kappa shape index (κ2) is 6.23. The average Bonchev–Trinajstić information content (AvgIpc) is 2.46. The lowest BCUT2D eigenvalue weighted by Gasteiger charge is -2.03. The lowest BCUT2D eigenvalue weighted by Crippen LogP contribution is -2.33. The fourth-order valence-electron chi connectivity index (χ4n) is 1.73. The molecule has 104 valence electrons. The normalized spacial score (nSPS) is 11.2. The van der Waals surface area contributed by atoms with Gasteiger partial charge in [-0.25, -0.2) is 0 Å². The van der Waals surface area contributed by atoms with Crippen LogP contribution in [0.4, 0.5) is 11.5 Å². The lowest BCUT2D eigenvalue weighted by molar-refractivity contribution is -0.718. The molecule has 5 heteroatoms. The molecule has 0 bridgehead atoms. The fourth-order valence-corrected chi connectivity index (χ4v) is 1.73. The van der Waals surface area contributed by atoms with Crippen LogP contribution >= 0.6 is 0 Å². The Morgan fingerprint density at radius 3 is 2.30 bits per heavy atom. The van der Waals surface area contributed by atoms with E-state index in [1.165, 1.54) is 5.56 Å². The van der Waals surface area contributed by atoms with Crippen LogP contribution < -0.4 is 9.42 Å². The molecule has 0 N–H and O–H groups in total. The molecule has 0 aliphatic rings. The maximum absolute atomic E-state index is 5.04. The van der Waals surface area contributed by atoms with Crippen molar-refractivity contribution in [2.75, 3.05) is 7.11 Å². The second-order valence-electron chi connectivity index (χ2n) is 4.80. The zero-order chi connectivity index (χ0) is 14.5. The molecule has 20 heavy (non-hydrogen) atoms. The van der Waals surface area contributed by atoms with E-state index in [0.717, 1.165) is 5.69 Å². The van der Waals surface area contributed by atoms with Gasteiger partial charge in [0, 0.05) is 12.1 Å². The number of aromatic nitrogens is 2. The van der Waals surface area contributed by atoms with Gasteiger partial charge in [-0.3, -0.25) is 0 Å². The summed E-state index contributed by atoms with van der Waals surface area (Å²) in [5.74, 6) is 1.73. The first-order valence-corrected chi connectivity index (χ1v) is 6.53. The van der Waals surface area contributed by atoms with Gasteiger partial charge in [-0.05, 0) is 33.8 Å². The third kappa shape index (κ3) is 3.38. The van der Waals surface area contributed by atoms with Gasteiger partial charge in [-0.1, -0.05) is 26.0 Å². The summed E-state index contributed by atoms with van der Waals surface area (Å²) >= 11 is 0. The van der Waals surface area contributed by atoms with Crippen molar-refractivity contribution in [1.82, 2.24) is 5.10 Å². The van der Waals surface area contributed by atoms with Crippen molar-refractivity contribution in [3.63, 3.8) is 0 Å². The topological polar surface area (TPSA) is 50.7 Å². The Labute approximate surface area is 118 Å². The van der Waals surface area contributed by atoms with E-state index in [9.17, 15) is 0 Å². The molecule has 5 nitrogen and oxygen atoms in total. The maximum atomic E-state index is 5.04. The predicted molar refractivity (Wildman–Crippen MR) is 76.7 cm³/mol. The number of hydrogen-bond donors (Lipinski definition) is 0. The van der Waals surface area contributed by atoms with Crippen LogP contribution in [0.5, 0.6) is 5.88 Å². The minimum absolute atomic E-state index is 0.518. The summed E-state index contributed by atoms with van der Waals surface area (Å²) in [6.07, 6.45) is 0. The Kier molecular flexibility index (Phi) is 4.40. The SMILES string of the molecule is COc1ccc(N=Nc2ccc(C(C)C)cc2)[n+](C)n1. The highest BCUT2D eigenvalue weighted by atomic mass is 16.5. The second-order valence-corrected chi connectivity index (χ2v) is 4.80. The molecule has 0 saturated carbocycles. The molecule has 0 amide bonds. The summed E-state index contributed by atoms with van der Waals surface area (Å²) < 4.78 is 6.67. The Bertz CT molecular complexity index is 606. The number of hydrogen-bond acceptors (Lipinski definition) is 4. The van der Waals surface area contributed by atoms with E-state index in [2.05, 4.69) is 41.3 Å². The van der Waals surface area contributed by atoms with Crippen molar-refractivity contribution in [2.45, 2.75) is 19.8 Å². The van der Waals surface area contributed by atoms with E-state index in [-0.39, 0.29) is 0 Å². The highest BCUT2D eigenvalue weighted by Crippen LogP contribution is 2.20. The highest BCUT2D eigenvalue weighted by molar-refractivity contribution is 5.39. The van der Waals surface area contributed by atoms with Crippen LogP contribution in [0.1, 0.15) is 25.3 Å². The minimum Gasteiger partial charge on any atom is -0.479 e. The molecule has 0 radical (unpaired) electrons. The Balaban J connectivity index is 2.16. The van der Waals surface area contributed by atoms with E-state index >= 15 is 0 Å². The van der Waals surface area contributed by atoms with Crippen LogP contribution in [0.3, 0.4) is 0 Å². The summed E-state index contributed by atoms with van der Waals surface area (Å²) in [6.45, 7) is 4.33. The molecule has 0 fully saturated rings. The summed E-state index contributed by atoms with van der Waals surface area (Å²) in [5, 5.41) is 12.6. The van der Waals surface area contributed by atoms with Gasteiger partial charge in [-0.2, -0.15) is 0 Å². The predicted octanol–water partition coefficient (Wildman–Crippen LogP) is 3.45. The molecular formula is C15H19N4O+. The van der Waals surface area contributed by atoms with Gasteiger partial charge in [0.25, 0.3) is 5.88 Å². The zero-order valence-corrected chi connectivity index (χ0v) is 12.2. The molecule has 0 aliphatic carbocycles. The first-order valence-electron chi connectivity index (χ1n) is 6.53. The molecule has 0 unspecified atom stereocenters. The Morgan fingerprint density at radius 1 is 1.05 bits per heavy atom. The molecule has 0 spiro atoms. The minimum atomic E-state index is 0.518. The standard InChI is InChI=1S/C15H19N4O/c1-11(2)12-5-7-13(8-6-12)16-17-14-9-10-15(20-4)18-19(14)3/h5-11H,1-4H3/q+1. The lowest BCUT2D eigenvalue weighted by atomic mass is 10.0. The van der Waals surface area contributed by atoms with Gasteiger partial charge in [0.05, 0.1) is 12.2 Å². The molecule has 2 rings (SSSR count). The fraction of sp³-hybridized carbons (Fsp3) is 0.333. The third-order valence-corrected chi connectivity index (χ3v) is 2.99.